The average molecular weight is 764 g/mol. The zero-order valence-corrected chi connectivity index (χ0v) is 33.7. The minimum Gasteiger partial charge on any atom is -0.339 e. The van der Waals surface area contributed by atoms with Crippen LogP contribution in [0.1, 0.15) is 112 Å². The van der Waals surface area contributed by atoms with Gasteiger partial charge in [0.2, 0.25) is 5.91 Å². The quantitative estimate of drug-likeness (QED) is 0.0643. The predicted octanol–water partition coefficient (Wildman–Crippen LogP) is 12.7. The third kappa shape index (κ3) is 9.82. The Kier molecular flexibility index (Phi) is 14.7. The van der Waals surface area contributed by atoms with Gasteiger partial charge in [-0.1, -0.05) is 153 Å². The molecule has 0 fully saturated rings. The fourth-order valence-electron chi connectivity index (χ4n) is 8.52. The molecule has 276 valence electrons. The molecule has 0 N–H and O–H groups in total. The number of fused-ring (bicyclic) bond motifs is 1. The van der Waals surface area contributed by atoms with Gasteiger partial charge in [-0.25, -0.2) is 0 Å². The summed E-state index contributed by atoms with van der Waals surface area (Å²) in [5, 5.41) is 5.63. The Hall–Kier alpha value is -3.42. The lowest BCUT2D eigenvalue weighted by atomic mass is 9.76. The molecule has 1 amide bonds. The number of halogens is 2. The number of carbonyl (C=O) groups excluding carboxylic acids is 1. The summed E-state index contributed by atoms with van der Waals surface area (Å²) >= 11 is 12.6. The summed E-state index contributed by atoms with van der Waals surface area (Å²) in [6.07, 6.45) is 16.1. The number of benzene rings is 5. The zero-order chi connectivity index (χ0) is 36.9. The van der Waals surface area contributed by atoms with Crippen molar-refractivity contribution in [2.75, 3.05) is 13.2 Å². The molecule has 5 heteroatoms. The molecule has 0 aliphatic heterocycles. The zero-order valence-electron chi connectivity index (χ0n) is 31.3. The highest BCUT2D eigenvalue weighted by atomic mass is 35.5. The fraction of sp³-hybridized carbons (Fsp3) is 0.354. The van der Waals surface area contributed by atoms with Crippen molar-refractivity contribution in [3.63, 3.8) is 0 Å². The van der Waals surface area contributed by atoms with Crippen LogP contribution in [0, 0.1) is 0 Å². The van der Waals surface area contributed by atoms with Crippen LogP contribution in [0.25, 0.3) is 0 Å². The van der Waals surface area contributed by atoms with E-state index in [9.17, 15) is 4.79 Å². The van der Waals surface area contributed by atoms with Gasteiger partial charge in [-0.15, -0.1) is 0 Å². The van der Waals surface area contributed by atoms with Crippen molar-refractivity contribution in [2.45, 2.75) is 95.4 Å². The second-order valence-electron chi connectivity index (χ2n) is 14.8. The number of carbonyl (C=O) groups is 1. The van der Waals surface area contributed by atoms with Crippen molar-refractivity contribution in [3.8, 4) is 0 Å². The Balaban J connectivity index is 0.897. The van der Waals surface area contributed by atoms with E-state index in [-0.39, 0.29) is 17.9 Å². The first-order valence-corrected chi connectivity index (χ1v) is 22.6. The monoisotopic (exact) mass is 762 g/mol. The highest BCUT2D eigenvalue weighted by Gasteiger charge is 2.44. The molecule has 5 aromatic carbocycles. The molecule has 0 bridgehead atoms. The van der Waals surface area contributed by atoms with E-state index in [1.54, 1.807) is 0 Å². The summed E-state index contributed by atoms with van der Waals surface area (Å²) in [5.74, 6) is 0.525. The molecule has 0 aromatic heterocycles. The van der Waals surface area contributed by atoms with Crippen LogP contribution in [0.5, 0.6) is 0 Å². The average Bonchev–Trinajstić information content (AvgIpc) is 3.21. The lowest BCUT2D eigenvalue weighted by molar-refractivity contribution is -0.132. The number of hydrogen-bond acceptors (Lipinski definition) is 1. The van der Waals surface area contributed by atoms with Gasteiger partial charge in [0.25, 0.3) is 0 Å². The predicted molar refractivity (Wildman–Crippen MR) is 230 cm³/mol. The molecular formula is C48H55Cl2NOP+. The Bertz CT molecular complexity index is 1770. The van der Waals surface area contributed by atoms with Crippen molar-refractivity contribution in [1.29, 1.82) is 0 Å². The smallest absolute Gasteiger partial charge is 0.222 e. The van der Waals surface area contributed by atoms with Crippen LogP contribution in [0.3, 0.4) is 0 Å². The Morgan fingerprint density at radius 1 is 0.566 bits per heavy atom. The maximum absolute atomic E-state index is 13.3. The normalized spacial score (nSPS) is 15.5. The Labute approximate surface area is 329 Å². The van der Waals surface area contributed by atoms with Gasteiger partial charge in [0.1, 0.15) is 23.2 Å². The van der Waals surface area contributed by atoms with Crippen LogP contribution in [0.4, 0.5) is 0 Å². The van der Waals surface area contributed by atoms with Crippen LogP contribution in [0.15, 0.2) is 133 Å². The van der Waals surface area contributed by atoms with E-state index in [1.807, 2.05) is 24.1 Å². The minimum absolute atomic E-state index is 0.117. The molecule has 0 unspecified atom stereocenters. The topological polar surface area (TPSA) is 20.3 Å². The number of nitrogens with zero attached hydrogens (tertiary/aromatic N) is 1. The number of rotatable bonds is 18. The molecule has 2 atom stereocenters. The maximum Gasteiger partial charge on any atom is 0.222 e. The van der Waals surface area contributed by atoms with Gasteiger partial charge in [-0.05, 0) is 97.3 Å². The second kappa shape index (κ2) is 19.8. The molecule has 0 radical (unpaired) electrons. The molecule has 53 heavy (non-hydrogen) atoms. The lowest BCUT2D eigenvalue weighted by Crippen LogP contribution is -2.34. The number of amides is 1. The Morgan fingerprint density at radius 3 is 1.57 bits per heavy atom. The maximum atomic E-state index is 13.3. The van der Waals surface area contributed by atoms with Gasteiger partial charge >= 0.3 is 0 Å². The third-order valence-corrected chi connectivity index (χ3v) is 16.7. The molecule has 5 aromatic rings. The highest BCUT2D eigenvalue weighted by Crippen LogP contribution is 2.56. The van der Waals surface area contributed by atoms with Crippen molar-refractivity contribution in [2.24, 2.45) is 0 Å². The third-order valence-electron chi connectivity index (χ3n) is 11.4. The van der Waals surface area contributed by atoms with Crippen LogP contribution in [0.2, 0.25) is 10.0 Å². The Morgan fingerprint density at radius 2 is 1.04 bits per heavy atom. The highest BCUT2D eigenvalue weighted by molar-refractivity contribution is 7.95. The fourth-order valence-corrected chi connectivity index (χ4v) is 13.2. The SMILES string of the molecule is CN(C(=O)CCCCCCCCCCCC[P+](c1ccccc1)(c1ccccc1)c1ccccc1)[C@H]1CC[C@@H](c2ccc(Cl)c(Cl)c2)c2ccccc21. The van der Waals surface area contributed by atoms with Crippen LogP contribution >= 0.6 is 30.5 Å². The summed E-state index contributed by atoms with van der Waals surface area (Å²) in [6.45, 7) is 0. The van der Waals surface area contributed by atoms with Crippen molar-refractivity contribution in [3.05, 3.63) is 160 Å². The molecule has 2 nitrogen and oxygen atoms in total. The molecule has 1 aliphatic rings. The molecular weight excluding hydrogens is 708 g/mol. The van der Waals surface area contributed by atoms with Gasteiger partial charge in [-0.3, -0.25) is 4.79 Å². The van der Waals surface area contributed by atoms with E-state index < -0.39 is 7.26 Å². The van der Waals surface area contributed by atoms with Gasteiger partial charge in [-0.2, -0.15) is 0 Å². The van der Waals surface area contributed by atoms with Crippen LogP contribution in [-0.2, 0) is 4.79 Å². The standard InChI is InChI=1S/C48H55Cl2NOP/c1-51(47-35-33-42(43-29-20-21-30-44(43)47)38-32-34-45(49)46(50)37-38)48(52)31-19-8-6-4-2-3-5-7-9-22-36-53(39-23-13-10-14-24-39,40-25-15-11-16-26-40)41-27-17-12-18-28-41/h10-18,20-21,23-30,32,34,37,42,47H,2-9,19,22,31,33,35-36H2,1H3/q+1/t42-,47-/m0/s1. The van der Waals surface area contributed by atoms with Gasteiger partial charge in [0, 0.05) is 19.4 Å². The first-order valence-electron chi connectivity index (χ1n) is 19.8. The van der Waals surface area contributed by atoms with Crippen LogP contribution in [-0.4, -0.2) is 24.0 Å². The molecule has 0 saturated carbocycles. The molecule has 0 heterocycles. The van der Waals surface area contributed by atoms with Gasteiger partial charge in [0.05, 0.1) is 22.2 Å². The second-order valence-corrected chi connectivity index (χ2v) is 19.2. The van der Waals surface area contributed by atoms with E-state index in [2.05, 4.69) is 121 Å². The summed E-state index contributed by atoms with van der Waals surface area (Å²) in [5.41, 5.74) is 3.74. The largest absolute Gasteiger partial charge is 0.339 e. The molecule has 1 aliphatic carbocycles. The van der Waals surface area contributed by atoms with E-state index in [1.165, 1.54) is 90.1 Å². The van der Waals surface area contributed by atoms with Crippen molar-refractivity contribution < 1.29 is 4.79 Å². The summed E-state index contributed by atoms with van der Waals surface area (Å²) in [7, 11) is 0.277. The number of unbranched alkanes of at least 4 members (excludes halogenated alkanes) is 9. The first-order chi connectivity index (χ1) is 26.0. The number of hydrogen-bond donors (Lipinski definition) is 0. The van der Waals surface area contributed by atoms with E-state index >= 15 is 0 Å². The minimum atomic E-state index is -1.72. The van der Waals surface area contributed by atoms with Gasteiger partial charge < -0.3 is 4.90 Å². The van der Waals surface area contributed by atoms with E-state index in [0.29, 0.717) is 16.5 Å². The molecule has 0 saturated heterocycles. The van der Waals surface area contributed by atoms with Crippen molar-refractivity contribution in [1.82, 2.24) is 4.90 Å². The van der Waals surface area contributed by atoms with Crippen LogP contribution < -0.4 is 15.9 Å². The van der Waals surface area contributed by atoms with Crippen molar-refractivity contribution >= 4 is 52.3 Å². The lowest BCUT2D eigenvalue weighted by Gasteiger charge is -2.37. The van der Waals surface area contributed by atoms with E-state index in [0.717, 1.165) is 25.7 Å². The summed E-state index contributed by atoms with van der Waals surface area (Å²) in [6, 6.07) is 48.5. The molecule has 6 rings (SSSR count). The molecule has 0 spiro atoms. The summed E-state index contributed by atoms with van der Waals surface area (Å²) < 4.78 is 0. The van der Waals surface area contributed by atoms with E-state index in [4.69, 9.17) is 23.2 Å². The first kappa shape index (κ1) is 39.3. The summed E-state index contributed by atoms with van der Waals surface area (Å²) in [4.78, 5) is 15.4. The van der Waals surface area contributed by atoms with Gasteiger partial charge in [0.15, 0.2) is 0 Å².